The van der Waals surface area contributed by atoms with Crippen LogP contribution in [0.1, 0.15) is 18.5 Å². The highest BCUT2D eigenvalue weighted by molar-refractivity contribution is 7.93. The van der Waals surface area contributed by atoms with Crippen molar-refractivity contribution in [2.75, 3.05) is 29.3 Å². The fourth-order valence-electron chi connectivity index (χ4n) is 4.43. The number of nitrogens with one attached hydrogen (secondary N) is 1. The minimum atomic E-state index is -4.51. The molecule has 3 heterocycles. The Labute approximate surface area is 225 Å². The first kappa shape index (κ1) is 26.7. The average Bonchev–Trinajstić information content (AvgIpc) is 3.56. The number of hydrogen-bond acceptors (Lipinski definition) is 6. The van der Waals surface area contributed by atoms with Crippen molar-refractivity contribution in [3.63, 3.8) is 0 Å². The lowest BCUT2D eigenvalue weighted by molar-refractivity contribution is -0.139. The summed E-state index contributed by atoms with van der Waals surface area (Å²) in [6.07, 6.45) is -1.48. The van der Waals surface area contributed by atoms with E-state index in [-0.39, 0.29) is 41.1 Å². The molecule has 2 aromatic heterocycles. The molecule has 2 aromatic carbocycles. The van der Waals surface area contributed by atoms with Gasteiger partial charge in [0.25, 0.3) is 10.0 Å². The summed E-state index contributed by atoms with van der Waals surface area (Å²) < 4.78 is 68.6. The molecule has 1 saturated heterocycles. The van der Waals surface area contributed by atoms with Crippen molar-refractivity contribution in [3.8, 4) is 0 Å². The Balaban J connectivity index is 1.27. The van der Waals surface area contributed by atoms with E-state index in [9.17, 15) is 31.2 Å². The molecule has 14 heteroatoms. The number of anilines is 2. The van der Waals surface area contributed by atoms with Gasteiger partial charge in [-0.3, -0.25) is 14.3 Å². The van der Waals surface area contributed by atoms with Gasteiger partial charge in [0.1, 0.15) is 12.6 Å². The minimum absolute atomic E-state index is 0.00386. The molecule has 1 fully saturated rings. The van der Waals surface area contributed by atoms with Gasteiger partial charge in [-0.25, -0.2) is 13.4 Å². The van der Waals surface area contributed by atoms with Gasteiger partial charge in [-0.05, 0) is 54.8 Å². The molecule has 1 unspecified atom stereocenters. The van der Waals surface area contributed by atoms with Crippen molar-refractivity contribution in [2.45, 2.75) is 24.0 Å². The molecule has 5 rings (SSSR count). The van der Waals surface area contributed by atoms with Gasteiger partial charge in [0.2, 0.25) is 11.8 Å². The first-order valence-corrected chi connectivity index (χ1v) is 14.1. The molecule has 0 saturated carbocycles. The second kappa shape index (κ2) is 10.0. The molecule has 1 aliphatic heterocycles. The highest BCUT2D eigenvalue weighted by atomic mass is 32.2. The summed E-state index contributed by atoms with van der Waals surface area (Å²) in [5, 5.41) is 2.44. The van der Waals surface area contributed by atoms with Crippen molar-refractivity contribution in [1.29, 1.82) is 0 Å². The molecule has 4 aromatic rings. The number of amides is 2. The number of alkyl halides is 3. The Morgan fingerprint density at radius 1 is 1.10 bits per heavy atom. The lowest BCUT2D eigenvalue weighted by Crippen LogP contribution is -2.53. The number of thiazole rings is 1. The summed E-state index contributed by atoms with van der Waals surface area (Å²) >= 11 is 1.14. The van der Waals surface area contributed by atoms with Crippen LogP contribution in [0.3, 0.4) is 0 Å². The third-order valence-electron chi connectivity index (χ3n) is 6.47. The topological polar surface area (TPSA) is 105 Å². The van der Waals surface area contributed by atoms with Crippen LogP contribution in [-0.4, -0.2) is 54.3 Å². The summed E-state index contributed by atoms with van der Waals surface area (Å²) in [4.78, 5) is 32.9. The zero-order valence-corrected chi connectivity index (χ0v) is 22.1. The highest BCUT2D eigenvalue weighted by Gasteiger charge is 2.33. The second-order valence-corrected chi connectivity index (χ2v) is 11.5. The SMILES string of the molecule is CC(C(=O)N1CCN(c2ccc(S(=O)(=O)Nc3nccs3)cc2)C(=O)C1)n1ccc2ccc(C(F)(F)F)cc21. The van der Waals surface area contributed by atoms with E-state index in [1.165, 1.54) is 50.9 Å². The van der Waals surface area contributed by atoms with Gasteiger partial charge < -0.3 is 14.4 Å². The molecule has 1 N–H and O–H groups in total. The number of carbonyl (C=O) groups is 2. The van der Waals surface area contributed by atoms with E-state index < -0.39 is 33.7 Å². The molecule has 39 heavy (non-hydrogen) atoms. The smallest absolute Gasteiger partial charge is 0.335 e. The number of nitrogens with zero attached hydrogens (tertiary/aromatic N) is 4. The molecule has 1 aliphatic rings. The molecular formula is C25H22F3N5O4S2. The van der Waals surface area contributed by atoms with Gasteiger partial charge in [-0.15, -0.1) is 11.3 Å². The third-order valence-corrected chi connectivity index (χ3v) is 8.64. The summed E-state index contributed by atoms with van der Waals surface area (Å²) in [7, 11) is -3.85. The standard InChI is InChI=1S/C25H22F3N5O4S2/c1-16(32-10-8-17-2-3-18(14-21(17)32)25(26,27)28)23(35)31-11-12-33(22(34)15-31)19-4-6-20(7-5-19)39(36,37)30-24-29-9-13-38-24/h2-10,13-14,16H,11-12,15H2,1H3,(H,29,30). The normalized spacial score (nSPS) is 15.5. The van der Waals surface area contributed by atoms with Crippen molar-refractivity contribution in [1.82, 2.24) is 14.5 Å². The van der Waals surface area contributed by atoms with Crippen molar-refractivity contribution >= 4 is 54.9 Å². The van der Waals surface area contributed by atoms with Gasteiger partial charge in [0, 0.05) is 42.1 Å². The third kappa shape index (κ3) is 5.34. The quantitative estimate of drug-likeness (QED) is 0.367. The monoisotopic (exact) mass is 577 g/mol. The summed E-state index contributed by atoms with van der Waals surface area (Å²) in [6, 6.07) is 9.96. The Hall–Kier alpha value is -3.91. The zero-order valence-electron chi connectivity index (χ0n) is 20.4. The molecule has 0 radical (unpaired) electrons. The van der Waals surface area contributed by atoms with Crippen LogP contribution in [0.4, 0.5) is 24.0 Å². The maximum absolute atomic E-state index is 13.2. The van der Waals surface area contributed by atoms with E-state index >= 15 is 0 Å². The zero-order chi connectivity index (χ0) is 27.9. The molecule has 9 nitrogen and oxygen atoms in total. The van der Waals surface area contributed by atoms with Crippen LogP contribution in [0.2, 0.25) is 0 Å². The maximum Gasteiger partial charge on any atom is 0.416 e. The maximum atomic E-state index is 13.2. The molecule has 204 valence electrons. The highest BCUT2D eigenvalue weighted by Crippen LogP contribution is 2.33. The van der Waals surface area contributed by atoms with Crippen molar-refractivity contribution in [3.05, 3.63) is 71.9 Å². The van der Waals surface area contributed by atoms with Crippen molar-refractivity contribution < 1.29 is 31.2 Å². The lowest BCUT2D eigenvalue weighted by Gasteiger charge is -2.35. The molecule has 1 atom stereocenters. The van der Waals surface area contributed by atoms with Gasteiger partial charge >= 0.3 is 6.18 Å². The van der Waals surface area contributed by atoms with E-state index in [0.29, 0.717) is 11.1 Å². The van der Waals surface area contributed by atoms with E-state index in [1.54, 1.807) is 24.6 Å². The van der Waals surface area contributed by atoms with Gasteiger partial charge in [0.15, 0.2) is 5.13 Å². The van der Waals surface area contributed by atoms with Gasteiger partial charge in [-0.1, -0.05) is 6.07 Å². The number of hydrogen-bond donors (Lipinski definition) is 1. The number of benzene rings is 2. The number of carbonyl (C=O) groups excluding carboxylic acids is 2. The largest absolute Gasteiger partial charge is 0.416 e. The van der Waals surface area contributed by atoms with Crippen LogP contribution in [0.5, 0.6) is 0 Å². The minimum Gasteiger partial charge on any atom is -0.335 e. The Bertz CT molecular complexity index is 1630. The van der Waals surface area contributed by atoms with E-state index in [1.807, 2.05) is 0 Å². The molecular weight excluding hydrogens is 555 g/mol. The Morgan fingerprint density at radius 3 is 2.49 bits per heavy atom. The summed E-state index contributed by atoms with van der Waals surface area (Å²) in [6.45, 7) is 1.73. The van der Waals surface area contributed by atoms with Gasteiger partial charge in [-0.2, -0.15) is 13.2 Å². The first-order valence-electron chi connectivity index (χ1n) is 11.7. The van der Waals surface area contributed by atoms with Crippen LogP contribution in [-0.2, 0) is 25.8 Å². The fourth-order valence-corrected chi connectivity index (χ4v) is 6.22. The fraction of sp³-hybridized carbons (Fsp3) is 0.240. The van der Waals surface area contributed by atoms with Crippen LogP contribution < -0.4 is 9.62 Å². The van der Waals surface area contributed by atoms with Crippen molar-refractivity contribution in [2.24, 2.45) is 0 Å². The average molecular weight is 578 g/mol. The molecule has 0 aliphatic carbocycles. The van der Waals surface area contributed by atoms with Gasteiger partial charge in [0.05, 0.1) is 10.5 Å². The Morgan fingerprint density at radius 2 is 1.85 bits per heavy atom. The number of fused-ring (bicyclic) bond motifs is 1. The number of aromatic nitrogens is 2. The number of rotatable bonds is 6. The predicted octanol–water partition coefficient (Wildman–Crippen LogP) is 4.35. The van der Waals surface area contributed by atoms with E-state index in [0.717, 1.165) is 23.5 Å². The van der Waals surface area contributed by atoms with Crippen LogP contribution >= 0.6 is 11.3 Å². The lowest BCUT2D eigenvalue weighted by atomic mass is 10.1. The molecule has 2 amide bonds. The van der Waals surface area contributed by atoms with Crippen LogP contribution in [0, 0.1) is 0 Å². The summed E-state index contributed by atoms with van der Waals surface area (Å²) in [5.41, 5.74) is -0.0596. The predicted molar refractivity (Wildman–Crippen MR) is 140 cm³/mol. The van der Waals surface area contributed by atoms with E-state index in [2.05, 4.69) is 9.71 Å². The second-order valence-electron chi connectivity index (χ2n) is 8.91. The number of piperazine rings is 1. The summed E-state index contributed by atoms with van der Waals surface area (Å²) in [5.74, 6) is -0.761. The number of sulfonamides is 1. The van der Waals surface area contributed by atoms with Crippen LogP contribution in [0.15, 0.2) is 71.2 Å². The van der Waals surface area contributed by atoms with E-state index in [4.69, 9.17) is 0 Å². The molecule has 0 spiro atoms. The van der Waals surface area contributed by atoms with Crippen LogP contribution in [0.25, 0.3) is 10.9 Å². The molecule has 0 bridgehead atoms. The number of halogens is 3. The first-order chi connectivity index (χ1) is 18.4. The Kier molecular flexibility index (Phi) is 6.84.